The predicted octanol–water partition coefficient (Wildman–Crippen LogP) is 17.9. The number of benzene rings is 8. The average molecular weight is 967 g/mol. The second-order valence-electron chi connectivity index (χ2n) is 17.9. The van der Waals surface area contributed by atoms with Crippen molar-refractivity contribution < 1.29 is 35.7 Å². The van der Waals surface area contributed by atoms with Crippen LogP contribution < -0.4 is 18.9 Å². The molecule has 0 saturated heterocycles. The number of aryl methyl sites for hydroxylation is 6. The molecule has 0 spiro atoms. The van der Waals surface area contributed by atoms with Crippen molar-refractivity contribution in [1.29, 1.82) is 0 Å². The third kappa shape index (κ3) is 8.61. The molecule has 0 aliphatic rings. The summed E-state index contributed by atoms with van der Waals surface area (Å²) in [6.07, 6.45) is 0.955. The van der Waals surface area contributed by atoms with Crippen molar-refractivity contribution in [2.45, 2.75) is 53.9 Å². The van der Waals surface area contributed by atoms with E-state index in [-0.39, 0.29) is 0 Å². The maximum Gasteiger partial charge on any atom is 0.221 e. The average Bonchev–Trinajstić information content (AvgIpc) is 3.63. The van der Waals surface area contributed by atoms with E-state index >= 15 is 0 Å². The number of methoxy groups -OCH3 is 4. The fourth-order valence-corrected chi connectivity index (χ4v) is 13.2. The molecule has 70 heavy (non-hydrogen) atoms. The molecule has 8 aromatic carbocycles. The van der Waals surface area contributed by atoms with E-state index in [1.165, 1.54) is 0 Å². The monoisotopic (exact) mass is 966 g/mol. The van der Waals surface area contributed by atoms with Gasteiger partial charge >= 0.3 is 0 Å². The number of rotatable bonds is 11. The van der Waals surface area contributed by atoms with Gasteiger partial charge in [0.15, 0.2) is 0 Å². The van der Waals surface area contributed by atoms with E-state index in [1.807, 2.05) is 48.5 Å². The Balaban J connectivity index is 1.29. The molecule has 0 saturated carbocycles. The van der Waals surface area contributed by atoms with E-state index in [2.05, 4.69) is 126 Å². The summed E-state index contributed by atoms with van der Waals surface area (Å²) in [5.74, 6) is 2.97. The summed E-state index contributed by atoms with van der Waals surface area (Å²) >= 11 is 0. The van der Waals surface area contributed by atoms with Crippen LogP contribution in [0.1, 0.15) is 44.5 Å². The Morgan fingerprint density at radius 1 is 0.343 bits per heavy atom. The van der Waals surface area contributed by atoms with Crippen molar-refractivity contribution in [3.8, 4) is 56.4 Å². The number of fused-ring (bicyclic) bond motifs is 6. The van der Waals surface area contributed by atoms with Crippen LogP contribution in [-0.2, 0) is 12.3 Å². The third-order valence-electron chi connectivity index (χ3n) is 13.3. The Morgan fingerprint density at radius 3 is 0.900 bits per heavy atom. The van der Waals surface area contributed by atoms with Crippen molar-refractivity contribution >= 4 is 59.9 Å². The van der Waals surface area contributed by atoms with E-state index in [4.69, 9.17) is 35.7 Å². The first-order valence-electron chi connectivity index (χ1n) is 23.3. The zero-order chi connectivity index (χ0) is 48.8. The highest BCUT2D eigenvalue weighted by molar-refractivity contribution is 7.36. The smallest absolute Gasteiger partial charge is 0.221 e. The van der Waals surface area contributed by atoms with Crippen molar-refractivity contribution in [2.75, 3.05) is 28.4 Å². The third-order valence-corrected chi connectivity index (χ3v) is 16.0. The van der Waals surface area contributed by atoms with E-state index in [9.17, 15) is 0 Å². The second-order valence-corrected chi connectivity index (χ2v) is 20.6. The van der Waals surface area contributed by atoms with Gasteiger partial charge in [-0.1, -0.05) is 84.9 Å². The molecule has 10 heteroatoms. The van der Waals surface area contributed by atoms with Crippen LogP contribution >= 0.6 is 16.0 Å². The molecule has 0 amide bonds. The molecule has 0 bridgehead atoms. The summed E-state index contributed by atoms with van der Waals surface area (Å²) in [5, 5.41) is 3.60. The van der Waals surface area contributed by atoms with Crippen molar-refractivity contribution in [1.82, 2.24) is 0 Å². The van der Waals surface area contributed by atoms with Gasteiger partial charge in [0.2, 0.25) is 16.0 Å². The van der Waals surface area contributed by atoms with E-state index in [0.717, 1.165) is 145 Å². The standard InChI is InChI=1S/C60H56O8P2/c1-35-21-23-47(41-17-13-11-14-18-41)53(33-69-65-57-37(3)25-43(61-7)29-49(57)50-30-44(62-8)26-38(4)58(50)66-69)55(35)56-36(2)22-24-48(42-19-15-12-16-20-42)54(56)34-70-67-59-39(5)27-45(63-9)31-51(59)52-32-46(64-10)28-40(6)60(52)68-70/h11-32H,33-34H2,1-10H3. The summed E-state index contributed by atoms with van der Waals surface area (Å²) < 4.78 is 52.1. The lowest BCUT2D eigenvalue weighted by Gasteiger charge is -2.23. The van der Waals surface area contributed by atoms with Crippen LogP contribution in [0.25, 0.3) is 77.3 Å². The molecule has 2 heterocycles. The quantitative estimate of drug-likeness (QED) is 0.127. The van der Waals surface area contributed by atoms with Gasteiger partial charge in [-0.25, -0.2) is 0 Å². The van der Waals surface area contributed by atoms with Crippen LogP contribution in [0.2, 0.25) is 0 Å². The lowest BCUT2D eigenvalue weighted by Crippen LogP contribution is -2.02. The highest BCUT2D eigenvalue weighted by Gasteiger charge is 2.26. The summed E-state index contributed by atoms with van der Waals surface area (Å²) in [6.45, 7) is 12.7. The maximum atomic E-state index is 7.23. The lowest BCUT2D eigenvalue weighted by molar-refractivity contribution is 0.414. The van der Waals surface area contributed by atoms with Crippen LogP contribution in [0.15, 0.2) is 150 Å². The van der Waals surface area contributed by atoms with E-state index < -0.39 is 16.0 Å². The molecular weight excluding hydrogens is 911 g/mol. The van der Waals surface area contributed by atoms with Crippen molar-refractivity contribution in [3.63, 3.8) is 0 Å². The Kier molecular flexibility index (Phi) is 12.8. The molecule has 0 aliphatic carbocycles. The highest BCUT2D eigenvalue weighted by Crippen LogP contribution is 2.51. The van der Waals surface area contributed by atoms with Crippen LogP contribution in [0.5, 0.6) is 23.0 Å². The number of hydrogen-bond acceptors (Lipinski definition) is 8. The van der Waals surface area contributed by atoms with Gasteiger partial charge in [0.25, 0.3) is 0 Å². The first-order valence-corrected chi connectivity index (χ1v) is 26.1. The SMILES string of the molecule is COc1cc(C)c2op(Cc3c(-c4ccccc4)ccc(C)c3-c3c(C)ccc(-c4ccccc4)c3Cp3oc4c(C)cc(OC)cc4c4cc(OC)cc(C)c4o3)oc3c(C)cc(OC)cc3c2c1. The van der Waals surface area contributed by atoms with Gasteiger partial charge in [-0.2, -0.15) is 0 Å². The van der Waals surface area contributed by atoms with Crippen LogP contribution in [-0.4, -0.2) is 28.4 Å². The van der Waals surface area contributed by atoms with Gasteiger partial charge in [0.05, 0.1) is 40.8 Å². The molecule has 8 nitrogen and oxygen atoms in total. The Hall–Kier alpha value is -7.24. The van der Waals surface area contributed by atoms with Gasteiger partial charge in [-0.3, -0.25) is 0 Å². The summed E-state index contributed by atoms with van der Waals surface area (Å²) in [6, 6.07) is 46.5. The molecule has 0 radical (unpaired) electrons. The minimum atomic E-state index is -1.65. The molecular formula is C60H56O8P2. The van der Waals surface area contributed by atoms with Gasteiger partial charge in [0.1, 0.15) is 45.3 Å². The molecule has 10 aromatic rings. The zero-order valence-corrected chi connectivity index (χ0v) is 43.1. The molecule has 0 unspecified atom stereocenters. The second kappa shape index (κ2) is 19.3. The maximum absolute atomic E-state index is 7.23. The fourth-order valence-electron chi connectivity index (χ4n) is 9.88. The highest BCUT2D eigenvalue weighted by atomic mass is 31.1. The van der Waals surface area contributed by atoms with Gasteiger partial charge in [-0.05, 0) is 168 Å². The first-order chi connectivity index (χ1) is 34.0. The Bertz CT molecular complexity index is 3330. The zero-order valence-electron chi connectivity index (χ0n) is 41.3. The first kappa shape index (κ1) is 46.5. The number of ether oxygens (including phenoxy) is 4. The van der Waals surface area contributed by atoms with Crippen molar-refractivity contribution in [2.24, 2.45) is 0 Å². The molecule has 0 aliphatic heterocycles. The molecule has 2 aromatic heterocycles. The molecule has 0 atom stereocenters. The summed E-state index contributed by atoms with van der Waals surface area (Å²) in [4.78, 5) is 0. The van der Waals surface area contributed by atoms with Crippen LogP contribution in [0, 0.1) is 41.5 Å². The molecule has 0 fully saturated rings. The van der Waals surface area contributed by atoms with Gasteiger partial charge in [-0.15, -0.1) is 0 Å². The lowest BCUT2D eigenvalue weighted by atomic mass is 9.83. The summed E-state index contributed by atoms with van der Waals surface area (Å²) in [5.41, 5.74) is 18.1. The van der Waals surface area contributed by atoms with Crippen molar-refractivity contribution in [3.05, 3.63) is 178 Å². The molecule has 10 rings (SSSR count). The van der Waals surface area contributed by atoms with Crippen LogP contribution in [0.4, 0.5) is 0 Å². The van der Waals surface area contributed by atoms with Crippen LogP contribution in [0.3, 0.4) is 0 Å². The fraction of sp³-hybridized carbons (Fsp3) is 0.200. The molecule has 0 N–H and O–H groups in total. The predicted molar refractivity (Wildman–Crippen MR) is 288 cm³/mol. The largest absolute Gasteiger partial charge is 0.497 e. The summed E-state index contributed by atoms with van der Waals surface area (Å²) in [7, 11) is 3.48. The van der Waals surface area contributed by atoms with Gasteiger partial charge in [0, 0.05) is 21.5 Å². The van der Waals surface area contributed by atoms with E-state index in [1.54, 1.807) is 28.4 Å². The normalized spacial score (nSPS) is 11.4. The molecule has 354 valence electrons. The Labute approximate surface area is 410 Å². The topological polar surface area (TPSA) is 89.5 Å². The minimum absolute atomic E-state index is 0.478. The minimum Gasteiger partial charge on any atom is -0.497 e. The Morgan fingerprint density at radius 2 is 0.629 bits per heavy atom. The van der Waals surface area contributed by atoms with Gasteiger partial charge < -0.3 is 35.7 Å². The van der Waals surface area contributed by atoms with E-state index in [0.29, 0.717) is 12.3 Å². The number of hydrogen-bond donors (Lipinski definition) is 0.